The highest BCUT2D eigenvalue weighted by molar-refractivity contribution is 9.10. The van der Waals surface area contributed by atoms with E-state index in [0.717, 1.165) is 22.3 Å². The van der Waals surface area contributed by atoms with Gasteiger partial charge >= 0.3 is 12.1 Å². The van der Waals surface area contributed by atoms with Gasteiger partial charge in [0, 0.05) is 16.1 Å². The first-order valence-electron chi connectivity index (χ1n) is 10.9. The maximum atomic E-state index is 12.7. The Bertz CT molecular complexity index is 1260. The first kappa shape index (κ1) is 24.4. The van der Waals surface area contributed by atoms with Crippen LogP contribution in [0, 0.1) is 6.92 Å². The van der Waals surface area contributed by atoms with Gasteiger partial charge in [-0.25, -0.2) is 9.59 Å². The zero-order valence-electron chi connectivity index (χ0n) is 18.7. The predicted octanol–water partition coefficient (Wildman–Crippen LogP) is 4.29. The van der Waals surface area contributed by atoms with E-state index >= 15 is 0 Å². The molecule has 0 saturated heterocycles. The van der Waals surface area contributed by atoms with E-state index in [4.69, 9.17) is 14.9 Å². The van der Waals surface area contributed by atoms with Crippen LogP contribution in [0.2, 0.25) is 0 Å². The summed E-state index contributed by atoms with van der Waals surface area (Å²) < 4.78 is 5.98. The summed E-state index contributed by atoms with van der Waals surface area (Å²) in [4.78, 5) is 36.4. The monoisotopic (exact) mass is 538 g/mol. The van der Waals surface area contributed by atoms with Crippen LogP contribution in [-0.4, -0.2) is 47.4 Å². The van der Waals surface area contributed by atoms with Crippen LogP contribution in [-0.2, 0) is 9.53 Å². The Labute approximate surface area is 210 Å². The molecule has 0 spiro atoms. The molecule has 0 aliphatic heterocycles. The molecule has 9 heteroatoms. The zero-order chi connectivity index (χ0) is 25.1. The molecule has 0 radical (unpaired) electrons. The quantitative estimate of drug-likeness (QED) is 0.355. The summed E-state index contributed by atoms with van der Waals surface area (Å²) in [6, 6.07) is 17.6. The van der Waals surface area contributed by atoms with Crippen LogP contribution in [0.5, 0.6) is 0 Å². The molecule has 35 heavy (non-hydrogen) atoms. The molecule has 2 amide bonds. The van der Waals surface area contributed by atoms with Gasteiger partial charge in [-0.1, -0.05) is 48.5 Å². The van der Waals surface area contributed by atoms with Crippen molar-refractivity contribution in [2.75, 3.05) is 18.5 Å². The first-order chi connectivity index (χ1) is 16.8. The number of aliphatic carboxylic acids is 1. The number of aryl methyl sites for hydroxylation is 1. The number of hydrogen-bond acceptors (Lipinski definition) is 5. The molecule has 1 aliphatic carbocycles. The summed E-state index contributed by atoms with van der Waals surface area (Å²) in [5.41, 5.74) is 5.54. The summed E-state index contributed by atoms with van der Waals surface area (Å²) in [5, 5.41) is 23.1. The van der Waals surface area contributed by atoms with Crippen molar-refractivity contribution in [3.63, 3.8) is 0 Å². The fourth-order valence-corrected chi connectivity index (χ4v) is 4.79. The molecule has 0 bridgehead atoms. The second-order valence-corrected chi connectivity index (χ2v) is 9.00. The Balaban J connectivity index is 1.48. The summed E-state index contributed by atoms with van der Waals surface area (Å²) in [6.45, 7) is 1.13. The summed E-state index contributed by atoms with van der Waals surface area (Å²) in [5.74, 6) is -2.16. The van der Waals surface area contributed by atoms with Crippen molar-refractivity contribution in [2.45, 2.75) is 18.9 Å². The smallest absolute Gasteiger partial charge is 0.411 e. The van der Waals surface area contributed by atoms with Crippen molar-refractivity contribution in [2.24, 2.45) is 0 Å². The molecule has 3 aromatic carbocycles. The molecule has 8 nitrogen and oxygen atoms in total. The molecular formula is C26H23BrN2O6. The Hall–Kier alpha value is -3.69. The van der Waals surface area contributed by atoms with Gasteiger partial charge < -0.3 is 20.3 Å². The van der Waals surface area contributed by atoms with Gasteiger partial charge in [0.2, 0.25) is 0 Å². The standard InChI is InChI=1S/C26H23BrN2O6/c1-14-10-21(27)19(24(31)28-23(12-30)25(32)33)11-22(14)29-26(34)35-13-20-17-8-4-2-6-15(17)16-7-3-5-9-18(16)20/h2-11,20,23,30H,12-13H2,1H3,(H,28,31)(H,29,34)(H,32,33)/t23-/m1/s1. The number of nitrogens with one attached hydrogen (secondary N) is 2. The molecule has 0 unspecified atom stereocenters. The highest BCUT2D eigenvalue weighted by Crippen LogP contribution is 2.44. The van der Waals surface area contributed by atoms with E-state index < -0.39 is 30.6 Å². The second kappa shape index (κ2) is 10.3. The number of fused-ring (bicyclic) bond motifs is 3. The lowest BCUT2D eigenvalue weighted by molar-refractivity contribution is -0.140. The molecule has 180 valence electrons. The molecule has 3 aromatic rings. The number of carboxylic acid groups (broad SMARTS) is 1. The zero-order valence-corrected chi connectivity index (χ0v) is 20.3. The summed E-state index contributed by atoms with van der Waals surface area (Å²) in [7, 11) is 0. The van der Waals surface area contributed by atoms with Gasteiger partial charge in [0.15, 0.2) is 6.04 Å². The third-order valence-electron chi connectivity index (χ3n) is 5.93. The fourth-order valence-electron chi connectivity index (χ4n) is 4.15. The van der Waals surface area contributed by atoms with Crippen molar-refractivity contribution in [3.05, 3.63) is 87.4 Å². The molecule has 4 rings (SSSR count). The lowest BCUT2D eigenvalue weighted by atomic mass is 9.98. The number of rotatable bonds is 7. The number of halogens is 1. The highest BCUT2D eigenvalue weighted by atomic mass is 79.9. The SMILES string of the molecule is Cc1cc(Br)c(C(=O)N[C@H](CO)C(=O)O)cc1NC(=O)OCC1c2ccccc2-c2ccccc21. The van der Waals surface area contributed by atoms with E-state index in [9.17, 15) is 14.4 Å². The number of amides is 2. The van der Waals surface area contributed by atoms with Gasteiger partial charge in [-0.15, -0.1) is 0 Å². The van der Waals surface area contributed by atoms with E-state index in [1.54, 1.807) is 13.0 Å². The largest absolute Gasteiger partial charge is 0.480 e. The lowest BCUT2D eigenvalue weighted by Crippen LogP contribution is -2.43. The number of ether oxygens (including phenoxy) is 1. The van der Waals surface area contributed by atoms with Crippen LogP contribution in [0.15, 0.2) is 65.1 Å². The van der Waals surface area contributed by atoms with E-state index in [2.05, 4.69) is 38.7 Å². The maximum absolute atomic E-state index is 12.7. The molecule has 1 atom stereocenters. The van der Waals surface area contributed by atoms with E-state index in [-0.39, 0.29) is 18.1 Å². The van der Waals surface area contributed by atoms with Gasteiger partial charge in [-0.2, -0.15) is 0 Å². The van der Waals surface area contributed by atoms with Gasteiger partial charge in [0.1, 0.15) is 6.61 Å². The number of aliphatic hydroxyl groups excluding tert-OH is 1. The summed E-state index contributed by atoms with van der Waals surface area (Å²) >= 11 is 3.29. The first-order valence-corrected chi connectivity index (χ1v) is 11.7. The topological polar surface area (TPSA) is 125 Å². The van der Waals surface area contributed by atoms with E-state index in [1.165, 1.54) is 6.07 Å². The summed E-state index contributed by atoms with van der Waals surface area (Å²) in [6.07, 6.45) is -0.678. The van der Waals surface area contributed by atoms with Gasteiger partial charge in [-0.3, -0.25) is 10.1 Å². The number of carboxylic acids is 1. The van der Waals surface area contributed by atoms with Crippen LogP contribution in [0.4, 0.5) is 10.5 Å². The average molecular weight is 539 g/mol. The van der Waals surface area contributed by atoms with E-state index in [1.807, 2.05) is 36.4 Å². The molecular weight excluding hydrogens is 516 g/mol. The van der Waals surface area contributed by atoms with Crippen LogP contribution in [0.25, 0.3) is 11.1 Å². The van der Waals surface area contributed by atoms with Crippen molar-refractivity contribution in [3.8, 4) is 11.1 Å². The predicted molar refractivity (Wildman–Crippen MR) is 134 cm³/mol. The highest BCUT2D eigenvalue weighted by Gasteiger charge is 2.29. The van der Waals surface area contributed by atoms with Crippen LogP contribution < -0.4 is 10.6 Å². The third-order valence-corrected chi connectivity index (χ3v) is 6.58. The second-order valence-electron chi connectivity index (χ2n) is 8.14. The van der Waals surface area contributed by atoms with Crippen molar-refractivity contribution >= 4 is 39.6 Å². The Kier molecular flexibility index (Phi) is 7.18. The lowest BCUT2D eigenvalue weighted by Gasteiger charge is -2.17. The van der Waals surface area contributed by atoms with Gasteiger partial charge in [0.25, 0.3) is 5.91 Å². The van der Waals surface area contributed by atoms with Gasteiger partial charge in [0.05, 0.1) is 12.2 Å². The number of hydrogen-bond donors (Lipinski definition) is 4. The van der Waals surface area contributed by atoms with Crippen LogP contribution in [0.1, 0.15) is 33.0 Å². The minimum absolute atomic E-state index is 0.0908. The minimum Gasteiger partial charge on any atom is -0.480 e. The molecule has 0 aromatic heterocycles. The van der Waals surface area contributed by atoms with Gasteiger partial charge in [-0.05, 0) is 62.8 Å². The molecule has 1 aliphatic rings. The molecule has 0 saturated carbocycles. The van der Waals surface area contributed by atoms with Crippen molar-refractivity contribution in [1.29, 1.82) is 0 Å². The number of carbonyl (C=O) groups excluding carboxylic acids is 2. The average Bonchev–Trinajstić information content (AvgIpc) is 3.16. The fraction of sp³-hybridized carbons (Fsp3) is 0.192. The molecule has 4 N–H and O–H groups in total. The number of benzene rings is 3. The number of anilines is 1. The molecule has 0 heterocycles. The maximum Gasteiger partial charge on any atom is 0.411 e. The molecule has 0 fully saturated rings. The van der Waals surface area contributed by atoms with Crippen molar-refractivity contribution in [1.82, 2.24) is 5.32 Å². The van der Waals surface area contributed by atoms with Crippen LogP contribution >= 0.6 is 15.9 Å². The Morgan fingerprint density at radius 1 is 1.03 bits per heavy atom. The Morgan fingerprint density at radius 3 is 2.20 bits per heavy atom. The van der Waals surface area contributed by atoms with E-state index in [0.29, 0.717) is 15.7 Å². The Morgan fingerprint density at radius 2 is 1.63 bits per heavy atom. The number of aliphatic hydroxyl groups is 1. The normalized spacial score (nSPS) is 12.9. The third kappa shape index (κ3) is 5.06. The van der Waals surface area contributed by atoms with Crippen LogP contribution in [0.3, 0.4) is 0 Å². The number of carbonyl (C=O) groups is 3. The van der Waals surface area contributed by atoms with Crippen molar-refractivity contribution < 1.29 is 29.3 Å². The minimum atomic E-state index is -1.45.